The first-order chi connectivity index (χ1) is 11.8. The Balaban J connectivity index is 1.63. The van der Waals surface area contributed by atoms with Crippen LogP contribution in [0.2, 0.25) is 0 Å². The molecule has 0 saturated heterocycles. The van der Waals surface area contributed by atoms with E-state index in [2.05, 4.69) is 32.4 Å². The highest BCUT2D eigenvalue weighted by Crippen LogP contribution is 2.19. The maximum Gasteiger partial charge on any atom is 0.180 e. The Morgan fingerprint density at radius 3 is 2.75 bits per heavy atom. The Morgan fingerprint density at radius 1 is 1.00 bits per heavy atom. The SMILES string of the molecule is Nc1ccc2ncc(-c3nccc(NCc4ccccc4)n3)n2c1. The lowest BCUT2D eigenvalue weighted by Crippen LogP contribution is -2.03. The van der Waals surface area contributed by atoms with Gasteiger partial charge in [0.25, 0.3) is 0 Å². The van der Waals surface area contributed by atoms with Crippen LogP contribution < -0.4 is 11.1 Å². The summed E-state index contributed by atoms with van der Waals surface area (Å²) in [5.41, 5.74) is 9.35. The third-order valence-electron chi connectivity index (χ3n) is 3.73. The molecule has 3 N–H and O–H groups in total. The van der Waals surface area contributed by atoms with E-state index >= 15 is 0 Å². The first-order valence-corrected chi connectivity index (χ1v) is 7.63. The summed E-state index contributed by atoms with van der Waals surface area (Å²) in [6.45, 7) is 0.706. The van der Waals surface area contributed by atoms with E-state index in [1.54, 1.807) is 12.4 Å². The van der Waals surface area contributed by atoms with Crippen LogP contribution in [0.15, 0.2) is 67.1 Å². The lowest BCUT2D eigenvalue weighted by molar-refractivity contribution is 1.07. The molecule has 0 aliphatic heterocycles. The van der Waals surface area contributed by atoms with E-state index in [1.165, 1.54) is 5.56 Å². The van der Waals surface area contributed by atoms with E-state index in [4.69, 9.17) is 5.73 Å². The van der Waals surface area contributed by atoms with E-state index < -0.39 is 0 Å². The van der Waals surface area contributed by atoms with Crippen molar-refractivity contribution < 1.29 is 0 Å². The normalized spacial score (nSPS) is 10.8. The second-order valence-corrected chi connectivity index (χ2v) is 5.44. The quantitative estimate of drug-likeness (QED) is 0.605. The molecule has 0 aliphatic rings. The van der Waals surface area contributed by atoms with E-state index in [9.17, 15) is 0 Å². The lowest BCUT2D eigenvalue weighted by atomic mass is 10.2. The van der Waals surface area contributed by atoms with Crippen molar-refractivity contribution in [1.82, 2.24) is 19.4 Å². The van der Waals surface area contributed by atoms with Crippen molar-refractivity contribution in [2.45, 2.75) is 6.54 Å². The summed E-state index contributed by atoms with van der Waals surface area (Å²) in [6.07, 6.45) is 5.32. The van der Waals surface area contributed by atoms with Crippen molar-refractivity contribution in [2.24, 2.45) is 0 Å². The molecule has 24 heavy (non-hydrogen) atoms. The smallest absolute Gasteiger partial charge is 0.180 e. The summed E-state index contributed by atoms with van der Waals surface area (Å²) in [5.74, 6) is 1.37. The van der Waals surface area contributed by atoms with Crippen molar-refractivity contribution in [3.63, 3.8) is 0 Å². The number of nitrogens with two attached hydrogens (primary N) is 1. The number of pyridine rings is 1. The highest BCUT2D eigenvalue weighted by Gasteiger charge is 2.09. The fourth-order valence-electron chi connectivity index (χ4n) is 2.53. The zero-order chi connectivity index (χ0) is 16.4. The molecule has 6 nitrogen and oxygen atoms in total. The zero-order valence-electron chi connectivity index (χ0n) is 12.9. The number of imidazole rings is 1. The molecule has 3 aromatic heterocycles. The Labute approximate surface area is 139 Å². The third-order valence-corrected chi connectivity index (χ3v) is 3.73. The molecule has 4 rings (SSSR count). The van der Waals surface area contributed by atoms with Gasteiger partial charge in [0.05, 0.1) is 6.20 Å². The number of hydrogen-bond donors (Lipinski definition) is 2. The molecule has 6 heteroatoms. The maximum atomic E-state index is 5.87. The van der Waals surface area contributed by atoms with Crippen LogP contribution in [0.1, 0.15) is 5.56 Å². The molecule has 4 aromatic rings. The first-order valence-electron chi connectivity index (χ1n) is 7.63. The van der Waals surface area contributed by atoms with Crippen molar-refractivity contribution >= 4 is 17.2 Å². The van der Waals surface area contributed by atoms with E-state index in [0.29, 0.717) is 18.1 Å². The number of hydrogen-bond acceptors (Lipinski definition) is 5. The molecule has 118 valence electrons. The van der Waals surface area contributed by atoms with Gasteiger partial charge in [0, 0.05) is 24.6 Å². The number of anilines is 2. The number of benzene rings is 1. The van der Waals surface area contributed by atoms with Gasteiger partial charge in [0.15, 0.2) is 5.82 Å². The summed E-state index contributed by atoms with van der Waals surface area (Å²) < 4.78 is 1.89. The molecule has 0 atom stereocenters. The fourth-order valence-corrected chi connectivity index (χ4v) is 2.53. The number of rotatable bonds is 4. The molecule has 3 heterocycles. The van der Waals surface area contributed by atoms with Gasteiger partial charge in [-0.15, -0.1) is 0 Å². The molecule has 0 spiro atoms. The number of nitrogens with one attached hydrogen (secondary N) is 1. The summed E-state index contributed by atoms with van der Waals surface area (Å²) in [5, 5.41) is 3.32. The maximum absolute atomic E-state index is 5.87. The van der Waals surface area contributed by atoms with Gasteiger partial charge in [-0.05, 0) is 23.8 Å². The van der Waals surface area contributed by atoms with E-state index in [-0.39, 0.29) is 0 Å². The van der Waals surface area contributed by atoms with Crippen LogP contribution in [0.3, 0.4) is 0 Å². The predicted molar refractivity (Wildman–Crippen MR) is 94.4 cm³/mol. The van der Waals surface area contributed by atoms with Crippen LogP contribution in [0.5, 0.6) is 0 Å². The van der Waals surface area contributed by atoms with Gasteiger partial charge in [-0.2, -0.15) is 0 Å². The first kappa shape index (κ1) is 14.2. The molecular formula is C18H16N6. The van der Waals surface area contributed by atoms with Crippen molar-refractivity contribution in [2.75, 3.05) is 11.1 Å². The molecule has 0 amide bonds. The minimum atomic E-state index is 0.603. The van der Waals surface area contributed by atoms with Gasteiger partial charge in [0.1, 0.15) is 17.2 Å². The van der Waals surface area contributed by atoms with Crippen molar-refractivity contribution in [1.29, 1.82) is 0 Å². The largest absolute Gasteiger partial charge is 0.398 e. The Hall–Kier alpha value is -3.41. The topological polar surface area (TPSA) is 81.1 Å². The molecule has 0 unspecified atom stereocenters. The van der Waals surface area contributed by atoms with Crippen LogP contribution in [-0.2, 0) is 6.54 Å². The predicted octanol–water partition coefficient (Wildman–Crippen LogP) is 2.99. The second kappa shape index (κ2) is 6.00. The number of fused-ring (bicyclic) bond motifs is 1. The van der Waals surface area contributed by atoms with E-state index in [0.717, 1.165) is 17.2 Å². The average molecular weight is 316 g/mol. The number of nitrogen functional groups attached to an aromatic ring is 1. The van der Waals surface area contributed by atoms with Gasteiger partial charge in [0.2, 0.25) is 0 Å². The highest BCUT2D eigenvalue weighted by molar-refractivity contribution is 5.60. The highest BCUT2D eigenvalue weighted by atomic mass is 15.1. The van der Waals surface area contributed by atoms with Gasteiger partial charge >= 0.3 is 0 Å². The third kappa shape index (κ3) is 2.77. The Bertz CT molecular complexity index is 977. The average Bonchev–Trinajstić information content (AvgIpc) is 3.04. The molecular weight excluding hydrogens is 300 g/mol. The number of aromatic nitrogens is 4. The minimum absolute atomic E-state index is 0.603. The summed E-state index contributed by atoms with van der Waals surface area (Å²) in [4.78, 5) is 13.3. The van der Waals surface area contributed by atoms with Crippen LogP contribution >= 0.6 is 0 Å². The van der Waals surface area contributed by atoms with Crippen LogP contribution in [0.4, 0.5) is 11.5 Å². The Morgan fingerprint density at radius 2 is 1.88 bits per heavy atom. The van der Waals surface area contributed by atoms with Crippen molar-refractivity contribution in [3.8, 4) is 11.5 Å². The van der Waals surface area contributed by atoms with Gasteiger partial charge in [-0.1, -0.05) is 30.3 Å². The minimum Gasteiger partial charge on any atom is -0.398 e. The lowest BCUT2D eigenvalue weighted by Gasteiger charge is -2.07. The summed E-state index contributed by atoms with van der Waals surface area (Å²) >= 11 is 0. The molecule has 0 radical (unpaired) electrons. The van der Waals surface area contributed by atoms with Gasteiger partial charge < -0.3 is 11.1 Å². The van der Waals surface area contributed by atoms with Crippen LogP contribution in [0.25, 0.3) is 17.2 Å². The van der Waals surface area contributed by atoms with Crippen LogP contribution in [0, 0.1) is 0 Å². The van der Waals surface area contributed by atoms with Gasteiger partial charge in [-0.3, -0.25) is 4.40 Å². The van der Waals surface area contributed by atoms with Crippen molar-refractivity contribution in [3.05, 3.63) is 72.7 Å². The van der Waals surface area contributed by atoms with Crippen LogP contribution in [-0.4, -0.2) is 19.4 Å². The van der Waals surface area contributed by atoms with E-state index in [1.807, 2.05) is 47.0 Å². The fraction of sp³-hybridized carbons (Fsp3) is 0.0556. The number of nitrogens with zero attached hydrogens (tertiary/aromatic N) is 4. The molecule has 0 aliphatic carbocycles. The standard InChI is InChI=1S/C18H16N6/c19-14-6-7-17-22-11-15(24(17)12-14)18-20-9-8-16(23-18)21-10-13-4-2-1-3-5-13/h1-9,11-12H,10,19H2,(H,20,21,23). The molecule has 0 fully saturated rings. The molecule has 0 saturated carbocycles. The summed E-state index contributed by atoms with van der Waals surface area (Å²) in [6, 6.07) is 15.7. The zero-order valence-corrected chi connectivity index (χ0v) is 12.9. The molecule has 1 aromatic carbocycles. The second-order valence-electron chi connectivity index (χ2n) is 5.44. The molecule has 0 bridgehead atoms. The van der Waals surface area contributed by atoms with Gasteiger partial charge in [-0.25, -0.2) is 15.0 Å². The Kier molecular flexibility index (Phi) is 3.55. The summed E-state index contributed by atoms with van der Waals surface area (Å²) in [7, 11) is 0. The monoisotopic (exact) mass is 316 g/mol.